The van der Waals surface area contributed by atoms with Gasteiger partial charge < -0.3 is 4.90 Å². The maximum Gasteiger partial charge on any atom is 0.416 e. The Kier molecular flexibility index (Phi) is 8.31. The van der Waals surface area contributed by atoms with E-state index in [2.05, 4.69) is 4.90 Å². The number of hydrogen-bond donors (Lipinski definition) is 0. The largest absolute Gasteiger partial charge is 0.416 e. The zero-order valence-electron chi connectivity index (χ0n) is 17.7. The van der Waals surface area contributed by atoms with Crippen LogP contribution < -0.4 is 4.90 Å². The van der Waals surface area contributed by atoms with Gasteiger partial charge >= 0.3 is 12.4 Å². The highest BCUT2D eigenvalue weighted by atomic mass is 35.5. The summed E-state index contributed by atoms with van der Waals surface area (Å²) in [6, 6.07) is 7.11. The van der Waals surface area contributed by atoms with E-state index in [1.807, 2.05) is 19.9 Å². The Labute approximate surface area is 184 Å². The summed E-state index contributed by atoms with van der Waals surface area (Å²) in [4.78, 5) is 2.18. The summed E-state index contributed by atoms with van der Waals surface area (Å²) >= 11 is 6.18. The topological polar surface area (TPSA) is 3.24 Å². The van der Waals surface area contributed by atoms with Gasteiger partial charge in [0.25, 0.3) is 0 Å². The van der Waals surface area contributed by atoms with E-state index < -0.39 is 23.5 Å². The van der Waals surface area contributed by atoms with Crippen LogP contribution in [0.25, 0.3) is 0 Å². The molecule has 0 aliphatic heterocycles. The fraction of sp³-hybridized carbons (Fsp3) is 0.478. The molecule has 0 aromatic heterocycles. The number of hydrogen-bond acceptors (Lipinski definition) is 1. The van der Waals surface area contributed by atoms with Crippen molar-refractivity contribution in [3.8, 4) is 0 Å². The number of halogens is 7. The van der Waals surface area contributed by atoms with E-state index >= 15 is 0 Å². The predicted octanol–water partition coefficient (Wildman–Crippen LogP) is 8.35. The molecule has 2 aromatic carbocycles. The van der Waals surface area contributed by atoms with E-state index in [-0.39, 0.29) is 24.0 Å². The number of benzene rings is 2. The molecule has 0 aliphatic rings. The molecule has 1 nitrogen and oxygen atoms in total. The van der Waals surface area contributed by atoms with E-state index in [0.717, 1.165) is 49.3 Å². The van der Waals surface area contributed by atoms with Crippen LogP contribution in [0, 0.1) is 0 Å². The van der Waals surface area contributed by atoms with Crippen LogP contribution in [-0.4, -0.2) is 13.1 Å². The lowest BCUT2D eigenvalue weighted by atomic mass is 9.90. The SMILES string of the molecule is CCCN(CCC)c1ccc(Cl)cc1C(C)Cc1cc(C(F)(F)F)cc(C(F)(F)F)c1. The van der Waals surface area contributed by atoms with Crippen molar-refractivity contribution in [1.82, 2.24) is 0 Å². The molecule has 1 atom stereocenters. The van der Waals surface area contributed by atoms with Crippen LogP contribution in [0.4, 0.5) is 32.0 Å². The van der Waals surface area contributed by atoms with Crippen LogP contribution in [0.15, 0.2) is 36.4 Å². The monoisotopic (exact) mass is 465 g/mol. The van der Waals surface area contributed by atoms with Gasteiger partial charge in [-0.05, 0) is 72.7 Å². The Morgan fingerprint density at radius 3 is 1.81 bits per heavy atom. The summed E-state index contributed by atoms with van der Waals surface area (Å²) in [7, 11) is 0. The predicted molar refractivity (Wildman–Crippen MR) is 113 cm³/mol. The molecule has 0 saturated heterocycles. The van der Waals surface area contributed by atoms with Gasteiger partial charge in [-0.1, -0.05) is 32.4 Å². The first-order valence-corrected chi connectivity index (χ1v) is 10.6. The average molecular weight is 466 g/mol. The summed E-state index contributed by atoms with van der Waals surface area (Å²) in [6.07, 6.45) is -7.90. The molecular weight excluding hydrogens is 440 g/mol. The molecular formula is C23H26ClF6N. The molecule has 8 heteroatoms. The van der Waals surface area contributed by atoms with Gasteiger partial charge in [-0.25, -0.2) is 0 Å². The lowest BCUT2D eigenvalue weighted by Crippen LogP contribution is -2.26. The Balaban J connectivity index is 2.47. The van der Waals surface area contributed by atoms with Crippen LogP contribution >= 0.6 is 11.6 Å². The maximum atomic E-state index is 13.2. The minimum absolute atomic E-state index is 0.0156. The second kappa shape index (κ2) is 10.2. The summed E-state index contributed by atoms with van der Waals surface area (Å²) in [5, 5.41) is 0.471. The molecule has 0 N–H and O–H groups in total. The Hall–Kier alpha value is -1.89. The highest BCUT2D eigenvalue weighted by Crippen LogP contribution is 2.38. The number of alkyl halides is 6. The lowest BCUT2D eigenvalue weighted by Gasteiger charge is -2.29. The average Bonchev–Trinajstić information content (AvgIpc) is 2.66. The summed E-state index contributed by atoms with van der Waals surface area (Å²) in [6.45, 7) is 7.46. The molecule has 0 fully saturated rings. The third-order valence-electron chi connectivity index (χ3n) is 5.04. The standard InChI is InChI=1S/C23H26ClF6N/c1-4-8-31(9-5-2)21-7-6-19(24)14-20(21)15(3)10-16-11-17(22(25,26)27)13-18(12-16)23(28,29)30/h6-7,11-15H,4-5,8-10H2,1-3H3. The van der Waals surface area contributed by atoms with Crippen LogP contribution in [0.1, 0.15) is 61.8 Å². The number of rotatable bonds is 8. The van der Waals surface area contributed by atoms with Crippen molar-refractivity contribution in [2.24, 2.45) is 0 Å². The minimum atomic E-state index is -4.86. The van der Waals surface area contributed by atoms with E-state index in [1.54, 1.807) is 19.1 Å². The summed E-state index contributed by atoms with van der Waals surface area (Å²) in [5.74, 6) is -0.338. The van der Waals surface area contributed by atoms with Gasteiger partial charge in [-0.2, -0.15) is 26.3 Å². The maximum absolute atomic E-state index is 13.2. The summed E-state index contributed by atoms with van der Waals surface area (Å²) < 4.78 is 79.2. The molecule has 0 amide bonds. The Morgan fingerprint density at radius 1 is 0.839 bits per heavy atom. The van der Waals surface area contributed by atoms with Crippen molar-refractivity contribution in [2.75, 3.05) is 18.0 Å². The normalized spacial score (nSPS) is 13.4. The van der Waals surface area contributed by atoms with Gasteiger partial charge in [0.2, 0.25) is 0 Å². The fourth-order valence-electron chi connectivity index (χ4n) is 3.70. The molecule has 172 valence electrons. The van der Waals surface area contributed by atoms with Crippen molar-refractivity contribution >= 4 is 17.3 Å². The smallest absolute Gasteiger partial charge is 0.371 e. The zero-order valence-corrected chi connectivity index (χ0v) is 18.4. The number of nitrogens with zero attached hydrogens (tertiary/aromatic N) is 1. The minimum Gasteiger partial charge on any atom is -0.371 e. The molecule has 1 unspecified atom stereocenters. The molecule has 2 rings (SSSR count). The molecule has 0 radical (unpaired) electrons. The fourth-order valence-corrected chi connectivity index (χ4v) is 3.88. The van der Waals surface area contributed by atoms with Gasteiger partial charge in [0, 0.05) is 23.8 Å². The highest BCUT2D eigenvalue weighted by Gasteiger charge is 2.37. The molecule has 0 saturated carbocycles. The third kappa shape index (κ3) is 6.79. The third-order valence-corrected chi connectivity index (χ3v) is 5.27. The molecule has 0 spiro atoms. The molecule has 0 heterocycles. The van der Waals surface area contributed by atoms with Crippen LogP contribution in [0.3, 0.4) is 0 Å². The molecule has 31 heavy (non-hydrogen) atoms. The van der Waals surface area contributed by atoms with Crippen molar-refractivity contribution in [3.63, 3.8) is 0 Å². The summed E-state index contributed by atoms with van der Waals surface area (Å²) in [5.41, 5.74) is -0.897. The Bertz CT molecular complexity index is 837. The van der Waals surface area contributed by atoms with E-state index in [0.29, 0.717) is 5.02 Å². The van der Waals surface area contributed by atoms with Gasteiger partial charge in [0.05, 0.1) is 11.1 Å². The van der Waals surface area contributed by atoms with Crippen molar-refractivity contribution in [3.05, 3.63) is 63.7 Å². The molecule has 0 aliphatic carbocycles. The van der Waals surface area contributed by atoms with E-state index in [4.69, 9.17) is 11.6 Å². The van der Waals surface area contributed by atoms with Crippen LogP contribution in [0.5, 0.6) is 0 Å². The lowest BCUT2D eigenvalue weighted by molar-refractivity contribution is -0.143. The Morgan fingerprint density at radius 2 is 1.35 bits per heavy atom. The quantitative estimate of drug-likeness (QED) is 0.354. The first-order chi connectivity index (χ1) is 14.4. The van der Waals surface area contributed by atoms with Gasteiger partial charge in [-0.3, -0.25) is 0 Å². The van der Waals surface area contributed by atoms with Gasteiger partial charge in [-0.15, -0.1) is 0 Å². The molecule has 0 bridgehead atoms. The van der Waals surface area contributed by atoms with Crippen LogP contribution in [0.2, 0.25) is 5.02 Å². The van der Waals surface area contributed by atoms with Crippen molar-refractivity contribution in [1.29, 1.82) is 0 Å². The van der Waals surface area contributed by atoms with E-state index in [1.165, 1.54) is 0 Å². The van der Waals surface area contributed by atoms with Crippen molar-refractivity contribution in [2.45, 2.75) is 58.3 Å². The second-order valence-corrected chi connectivity index (χ2v) is 8.15. The first kappa shape index (κ1) is 25.4. The number of anilines is 1. The molecule has 2 aromatic rings. The second-order valence-electron chi connectivity index (χ2n) is 7.71. The van der Waals surface area contributed by atoms with Gasteiger partial charge in [0.15, 0.2) is 0 Å². The van der Waals surface area contributed by atoms with E-state index in [9.17, 15) is 26.3 Å². The highest BCUT2D eigenvalue weighted by molar-refractivity contribution is 6.30. The first-order valence-electron chi connectivity index (χ1n) is 10.2. The van der Waals surface area contributed by atoms with Gasteiger partial charge in [0.1, 0.15) is 0 Å². The van der Waals surface area contributed by atoms with Crippen LogP contribution in [-0.2, 0) is 18.8 Å². The van der Waals surface area contributed by atoms with Crippen molar-refractivity contribution < 1.29 is 26.3 Å². The zero-order chi connectivity index (χ0) is 23.4.